The number of ether oxygens (including phenoxy) is 1. The van der Waals surface area contributed by atoms with E-state index in [-0.39, 0.29) is 18.6 Å². The van der Waals surface area contributed by atoms with Gasteiger partial charge in [0.25, 0.3) is 0 Å². The van der Waals surface area contributed by atoms with Crippen molar-refractivity contribution in [2.45, 2.75) is 32.8 Å². The van der Waals surface area contributed by atoms with Crippen LogP contribution in [-0.2, 0) is 9.53 Å². The Bertz CT molecular complexity index is 202. The van der Waals surface area contributed by atoms with Crippen LogP contribution in [0, 0.1) is 5.41 Å². The molecule has 14 heavy (non-hydrogen) atoms. The van der Waals surface area contributed by atoms with Crippen LogP contribution in [-0.4, -0.2) is 30.5 Å². The van der Waals surface area contributed by atoms with E-state index in [4.69, 9.17) is 4.74 Å². The highest BCUT2D eigenvalue weighted by Crippen LogP contribution is 2.46. The lowest BCUT2D eigenvalue weighted by molar-refractivity contribution is -0.127. The van der Waals surface area contributed by atoms with Gasteiger partial charge in [0.1, 0.15) is 6.61 Å². The predicted molar refractivity (Wildman–Crippen MR) is 59.6 cm³/mol. The summed E-state index contributed by atoms with van der Waals surface area (Å²) in [7, 11) is 0. The zero-order chi connectivity index (χ0) is 10.6. The fraction of sp³-hybridized carbons (Fsp3) is 0.900. The van der Waals surface area contributed by atoms with Crippen molar-refractivity contribution in [2.75, 3.05) is 18.5 Å². The van der Waals surface area contributed by atoms with Crippen molar-refractivity contribution in [1.29, 1.82) is 0 Å². The summed E-state index contributed by atoms with van der Waals surface area (Å²) in [6, 6.07) is 0. The molecule has 1 fully saturated rings. The van der Waals surface area contributed by atoms with Gasteiger partial charge in [-0.25, -0.2) is 0 Å². The second kappa shape index (κ2) is 5.12. The highest BCUT2D eigenvalue weighted by Gasteiger charge is 2.41. The highest BCUT2D eigenvalue weighted by molar-refractivity contribution is 9.09. The van der Waals surface area contributed by atoms with E-state index in [1.54, 1.807) is 0 Å². The molecular formula is C10H18BrNO2. The molecule has 82 valence electrons. The van der Waals surface area contributed by atoms with Gasteiger partial charge in [-0.2, -0.15) is 0 Å². The summed E-state index contributed by atoms with van der Waals surface area (Å²) in [6.45, 7) is 4.80. The fourth-order valence-electron chi connectivity index (χ4n) is 1.11. The minimum Gasteiger partial charge on any atom is -0.369 e. The molecule has 1 saturated carbocycles. The molecule has 0 saturated heterocycles. The lowest BCUT2D eigenvalue weighted by Crippen LogP contribution is -2.34. The van der Waals surface area contributed by atoms with Gasteiger partial charge in [-0.05, 0) is 32.1 Å². The largest absolute Gasteiger partial charge is 0.369 e. The molecule has 1 N–H and O–H groups in total. The van der Waals surface area contributed by atoms with Gasteiger partial charge in [0.15, 0.2) is 0 Å². The normalized spacial score (nSPS) is 18.3. The van der Waals surface area contributed by atoms with Crippen molar-refractivity contribution < 1.29 is 9.53 Å². The molecule has 1 amide bonds. The molecule has 0 aromatic carbocycles. The molecule has 0 atom stereocenters. The van der Waals surface area contributed by atoms with Crippen molar-refractivity contribution in [3.05, 3.63) is 0 Å². The molecule has 0 bridgehead atoms. The number of rotatable bonds is 6. The fourth-order valence-corrected chi connectivity index (χ4v) is 1.87. The average molecular weight is 264 g/mol. The maximum absolute atomic E-state index is 11.3. The van der Waals surface area contributed by atoms with Gasteiger partial charge in [0.2, 0.25) is 5.91 Å². The molecule has 0 aromatic heterocycles. The molecule has 1 aliphatic carbocycles. The zero-order valence-corrected chi connectivity index (χ0v) is 10.4. The monoisotopic (exact) mass is 263 g/mol. The minimum atomic E-state index is -0.00840. The molecule has 0 aliphatic heterocycles. The Kier molecular flexibility index (Phi) is 4.38. The first-order chi connectivity index (χ1) is 6.58. The molecule has 0 aromatic rings. The second-order valence-corrected chi connectivity index (χ2v) is 4.83. The van der Waals surface area contributed by atoms with Crippen LogP contribution in [0.1, 0.15) is 26.7 Å². The predicted octanol–water partition coefficient (Wildman–Crippen LogP) is 1.70. The van der Waals surface area contributed by atoms with E-state index in [0.717, 1.165) is 11.9 Å². The van der Waals surface area contributed by atoms with Crippen LogP contribution >= 0.6 is 15.9 Å². The molecule has 1 aliphatic rings. The van der Waals surface area contributed by atoms with Crippen molar-refractivity contribution in [3.8, 4) is 0 Å². The number of carbonyl (C=O) groups is 1. The zero-order valence-electron chi connectivity index (χ0n) is 8.81. The van der Waals surface area contributed by atoms with Crippen molar-refractivity contribution in [3.63, 3.8) is 0 Å². The van der Waals surface area contributed by atoms with Gasteiger partial charge < -0.3 is 10.1 Å². The third-order valence-electron chi connectivity index (χ3n) is 2.45. The van der Waals surface area contributed by atoms with E-state index in [0.29, 0.717) is 5.41 Å². The van der Waals surface area contributed by atoms with E-state index >= 15 is 0 Å². The smallest absolute Gasteiger partial charge is 0.246 e. The van der Waals surface area contributed by atoms with E-state index in [2.05, 4.69) is 21.2 Å². The highest BCUT2D eigenvalue weighted by atomic mass is 79.9. The number of carbonyl (C=O) groups excluding carboxylic acids is 1. The molecular weight excluding hydrogens is 246 g/mol. The van der Waals surface area contributed by atoms with Gasteiger partial charge in [0.05, 0.1) is 6.10 Å². The van der Waals surface area contributed by atoms with Gasteiger partial charge in [-0.1, -0.05) is 15.9 Å². The number of alkyl halides is 1. The Balaban J connectivity index is 2.09. The van der Waals surface area contributed by atoms with Crippen LogP contribution in [0.25, 0.3) is 0 Å². The summed E-state index contributed by atoms with van der Waals surface area (Å²) in [5, 5.41) is 3.88. The Morgan fingerprint density at radius 3 is 2.64 bits per heavy atom. The van der Waals surface area contributed by atoms with Crippen LogP contribution in [0.5, 0.6) is 0 Å². The molecule has 0 unspecified atom stereocenters. The summed E-state index contributed by atoms with van der Waals surface area (Å²) in [4.78, 5) is 11.3. The van der Waals surface area contributed by atoms with Crippen molar-refractivity contribution in [2.24, 2.45) is 5.41 Å². The lowest BCUT2D eigenvalue weighted by Gasteiger charge is -2.13. The first-order valence-electron chi connectivity index (χ1n) is 5.02. The molecule has 4 heteroatoms. The number of amides is 1. The van der Waals surface area contributed by atoms with E-state index in [1.807, 2.05) is 13.8 Å². The number of nitrogens with one attached hydrogen (secondary N) is 1. The SMILES string of the molecule is CC(C)OCC(=O)NCC1(CBr)CC1. The summed E-state index contributed by atoms with van der Waals surface area (Å²) in [5.74, 6) is -0.00840. The third-order valence-corrected chi connectivity index (χ3v) is 3.64. The van der Waals surface area contributed by atoms with Crippen LogP contribution in [0.4, 0.5) is 0 Å². The summed E-state index contributed by atoms with van der Waals surface area (Å²) < 4.78 is 5.20. The van der Waals surface area contributed by atoms with E-state index < -0.39 is 0 Å². The molecule has 1 rings (SSSR count). The summed E-state index contributed by atoms with van der Waals surface area (Å²) in [5.41, 5.74) is 0.341. The van der Waals surface area contributed by atoms with Crippen LogP contribution in [0.3, 0.4) is 0 Å². The molecule has 3 nitrogen and oxygen atoms in total. The van der Waals surface area contributed by atoms with Crippen molar-refractivity contribution >= 4 is 21.8 Å². The quantitative estimate of drug-likeness (QED) is 0.741. The van der Waals surface area contributed by atoms with E-state index in [9.17, 15) is 4.79 Å². The number of halogens is 1. The maximum atomic E-state index is 11.3. The second-order valence-electron chi connectivity index (χ2n) is 4.27. The van der Waals surface area contributed by atoms with Gasteiger partial charge in [0, 0.05) is 11.9 Å². The summed E-state index contributed by atoms with van der Waals surface area (Å²) >= 11 is 3.46. The maximum Gasteiger partial charge on any atom is 0.246 e. The first-order valence-corrected chi connectivity index (χ1v) is 6.14. The molecule has 0 radical (unpaired) electrons. The standard InChI is InChI=1S/C10H18BrNO2/c1-8(2)14-5-9(13)12-7-10(6-11)3-4-10/h8H,3-7H2,1-2H3,(H,12,13). The Hall–Kier alpha value is -0.0900. The topological polar surface area (TPSA) is 38.3 Å². The van der Waals surface area contributed by atoms with Crippen molar-refractivity contribution in [1.82, 2.24) is 5.32 Å². The van der Waals surface area contributed by atoms with E-state index in [1.165, 1.54) is 12.8 Å². The molecule has 0 heterocycles. The number of hydrogen-bond donors (Lipinski definition) is 1. The third kappa shape index (κ3) is 3.96. The minimum absolute atomic E-state index is 0.00840. The summed E-state index contributed by atoms with van der Waals surface area (Å²) in [6.07, 6.45) is 2.54. The first kappa shape index (κ1) is 12.0. The Morgan fingerprint density at radius 1 is 1.57 bits per heavy atom. The van der Waals surface area contributed by atoms with Crippen LogP contribution in [0.2, 0.25) is 0 Å². The van der Waals surface area contributed by atoms with Crippen LogP contribution < -0.4 is 5.32 Å². The Morgan fingerprint density at radius 2 is 2.21 bits per heavy atom. The molecule has 0 spiro atoms. The Labute approximate surface area is 93.7 Å². The average Bonchev–Trinajstić information content (AvgIpc) is 2.92. The van der Waals surface area contributed by atoms with Gasteiger partial charge >= 0.3 is 0 Å². The van der Waals surface area contributed by atoms with Crippen LogP contribution in [0.15, 0.2) is 0 Å². The lowest BCUT2D eigenvalue weighted by atomic mass is 10.1. The van der Waals surface area contributed by atoms with Gasteiger partial charge in [-0.15, -0.1) is 0 Å². The number of hydrogen-bond acceptors (Lipinski definition) is 2. The van der Waals surface area contributed by atoms with Gasteiger partial charge in [-0.3, -0.25) is 4.79 Å².